The van der Waals surface area contributed by atoms with Crippen LogP contribution in [0.25, 0.3) is 11.0 Å². The lowest BCUT2D eigenvalue weighted by Gasteiger charge is -2.05. The Morgan fingerprint density at radius 1 is 0.909 bits per heavy atom. The molecule has 3 rings (SSSR count). The standard InChI is InChI=1S/C16H10ClN3O2/c17-12-8-6-11-7-9-13(19-15(11)18-12)20-16(22)14(21)10-4-2-1-3-5-10/h1-9H,(H,18,19,20,22). The second-order valence-electron chi connectivity index (χ2n) is 4.53. The van der Waals surface area contributed by atoms with Gasteiger partial charge in [-0.1, -0.05) is 41.9 Å². The van der Waals surface area contributed by atoms with Gasteiger partial charge in [0.1, 0.15) is 11.0 Å². The number of anilines is 1. The molecule has 5 nitrogen and oxygen atoms in total. The van der Waals surface area contributed by atoms with Crippen LogP contribution >= 0.6 is 11.6 Å². The minimum absolute atomic E-state index is 0.247. The molecule has 0 spiro atoms. The molecule has 6 heteroatoms. The highest BCUT2D eigenvalue weighted by atomic mass is 35.5. The van der Waals surface area contributed by atoms with Gasteiger partial charge >= 0.3 is 0 Å². The number of carbonyl (C=O) groups is 2. The zero-order valence-electron chi connectivity index (χ0n) is 11.3. The number of ketones is 1. The van der Waals surface area contributed by atoms with Crippen molar-refractivity contribution in [3.8, 4) is 0 Å². The Labute approximate surface area is 131 Å². The molecular weight excluding hydrogens is 302 g/mol. The number of Topliss-reactive ketones (excluding diaryl/α,β-unsaturated/α-hetero) is 1. The van der Waals surface area contributed by atoms with E-state index in [9.17, 15) is 9.59 Å². The molecule has 0 aliphatic rings. The third-order valence-electron chi connectivity index (χ3n) is 3.00. The van der Waals surface area contributed by atoms with Crippen LogP contribution in [-0.2, 0) is 4.79 Å². The molecule has 0 saturated heterocycles. The second kappa shape index (κ2) is 5.91. The van der Waals surface area contributed by atoms with Crippen molar-refractivity contribution >= 4 is 40.1 Å². The Balaban J connectivity index is 1.83. The molecule has 2 heterocycles. The van der Waals surface area contributed by atoms with Crippen molar-refractivity contribution in [2.24, 2.45) is 0 Å². The normalized spacial score (nSPS) is 10.4. The Kier molecular flexibility index (Phi) is 3.80. The number of carbonyl (C=O) groups excluding carboxylic acids is 2. The van der Waals surface area contributed by atoms with Gasteiger partial charge in [0.15, 0.2) is 5.65 Å². The van der Waals surface area contributed by atoms with E-state index in [2.05, 4.69) is 15.3 Å². The lowest BCUT2D eigenvalue weighted by atomic mass is 10.1. The maximum Gasteiger partial charge on any atom is 0.297 e. The van der Waals surface area contributed by atoms with Crippen LogP contribution < -0.4 is 5.32 Å². The summed E-state index contributed by atoms with van der Waals surface area (Å²) in [6.45, 7) is 0. The summed E-state index contributed by atoms with van der Waals surface area (Å²) in [5.74, 6) is -1.13. The van der Waals surface area contributed by atoms with E-state index in [4.69, 9.17) is 11.6 Å². The molecule has 0 fully saturated rings. The van der Waals surface area contributed by atoms with Gasteiger partial charge in [0.25, 0.3) is 11.7 Å². The molecule has 22 heavy (non-hydrogen) atoms. The molecule has 0 aliphatic carbocycles. The van der Waals surface area contributed by atoms with E-state index in [0.717, 1.165) is 5.39 Å². The van der Waals surface area contributed by atoms with Crippen LogP contribution in [0.4, 0.5) is 5.82 Å². The number of nitrogens with one attached hydrogen (secondary N) is 1. The summed E-state index contributed by atoms with van der Waals surface area (Å²) >= 11 is 5.81. The number of hydrogen-bond donors (Lipinski definition) is 1. The molecule has 0 radical (unpaired) electrons. The number of nitrogens with zero attached hydrogens (tertiary/aromatic N) is 2. The molecule has 1 aromatic carbocycles. The fourth-order valence-electron chi connectivity index (χ4n) is 1.94. The van der Waals surface area contributed by atoms with Crippen molar-refractivity contribution in [2.45, 2.75) is 0 Å². The van der Waals surface area contributed by atoms with Gasteiger partial charge in [-0.3, -0.25) is 9.59 Å². The summed E-state index contributed by atoms with van der Waals surface area (Å²) in [4.78, 5) is 32.2. The Hall–Kier alpha value is -2.79. The first-order valence-corrected chi connectivity index (χ1v) is 6.85. The summed E-state index contributed by atoms with van der Waals surface area (Å²) in [7, 11) is 0. The summed E-state index contributed by atoms with van der Waals surface area (Å²) in [5.41, 5.74) is 0.722. The van der Waals surface area contributed by atoms with Crippen LogP contribution in [0, 0.1) is 0 Å². The summed E-state index contributed by atoms with van der Waals surface area (Å²) in [6, 6.07) is 15.1. The minimum atomic E-state index is -0.750. The highest BCUT2D eigenvalue weighted by Gasteiger charge is 2.16. The van der Waals surface area contributed by atoms with Crippen LogP contribution in [0.5, 0.6) is 0 Å². The molecule has 1 amide bonds. The van der Waals surface area contributed by atoms with E-state index in [1.54, 1.807) is 54.6 Å². The van der Waals surface area contributed by atoms with Crippen LogP contribution in [0.2, 0.25) is 5.15 Å². The third kappa shape index (κ3) is 2.94. The Bertz CT molecular complexity index is 866. The van der Waals surface area contributed by atoms with Gasteiger partial charge in [0, 0.05) is 10.9 Å². The van der Waals surface area contributed by atoms with Crippen molar-refractivity contribution in [3.63, 3.8) is 0 Å². The topological polar surface area (TPSA) is 72.0 Å². The largest absolute Gasteiger partial charge is 0.304 e. The predicted octanol–water partition coefficient (Wildman–Crippen LogP) is 3.10. The highest BCUT2D eigenvalue weighted by molar-refractivity contribution is 6.46. The van der Waals surface area contributed by atoms with Gasteiger partial charge in [-0.15, -0.1) is 0 Å². The van der Waals surface area contributed by atoms with Crippen molar-refractivity contribution in [3.05, 3.63) is 65.3 Å². The molecule has 0 bridgehead atoms. The number of rotatable bonds is 3. The number of fused-ring (bicyclic) bond motifs is 1. The number of halogens is 1. The number of benzene rings is 1. The van der Waals surface area contributed by atoms with E-state index in [1.165, 1.54) is 0 Å². The first kappa shape index (κ1) is 14.2. The maximum atomic E-state index is 12.0. The Morgan fingerprint density at radius 3 is 2.41 bits per heavy atom. The van der Waals surface area contributed by atoms with E-state index in [0.29, 0.717) is 16.4 Å². The van der Waals surface area contributed by atoms with Crippen LogP contribution in [0.1, 0.15) is 10.4 Å². The summed E-state index contributed by atoms with van der Waals surface area (Å²) in [6.07, 6.45) is 0. The first-order valence-electron chi connectivity index (χ1n) is 6.47. The van der Waals surface area contributed by atoms with E-state index >= 15 is 0 Å². The van der Waals surface area contributed by atoms with Crippen molar-refractivity contribution in [2.75, 3.05) is 5.32 Å². The van der Waals surface area contributed by atoms with Gasteiger partial charge < -0.3 is 5.32 Å². The molecule has 0 unspecified atom stereocenters. The van der Waals surface area contributed by atoms with Crippen molar-refractivity contribution in [1.82, 2.24) is 9.97 Å². The molecule has 108 valence electrons. The average molecular weight is 312 g/mol. The molecule has 0 atom stereocenters. The number of aromatic nitrogens is 2. The van der Waals surface area contributed by atoms with Gasteiger partial charge in [-0.05, 0) is 24.3 Å². The lowest BCUT2D eigenvalue weighted by Crippen LogP contribution is -2.23. The highest BCUT2D eigenvalue weighted by Crippen LogP contribution is 2.16. The SMILES string of the molecule is O=C(Nc1ccc2ccc(Cl)nc2n1)C(=O)c1ccccc1. The smallest absolute Gasteiger partial charge is 0.297 e. The monoisotopic (exact) mass is 311 g/mol. The molecule has 1 N–H and O–H groups in total. The quantitative estimate of drug-likeness (QED) is 0.458. The maximum absolute atomic E-state index is 12.0. The lowest BCUT2D eigenvalue weighted by molar-refractivity contribution is -0.112. The zero-order chi connectivity index (χ0) is 15.5. The molecule has 0 aliphatic heterocycles. The minimum Gasteiger partial charge on any atom is -0.304 e. The summed E-state index contributed by atoms with van der Waals surface area (Å²) < 4.78 is 0. The second-order valence-corrected chi connectivity index (χ2v) is 4.91. The third-order valence-corrected chi connectivity index (χ3v) is 3.21. The van der Waals surface area contributed by atoms with E-state index in [1.807, 2.05) is 0 Å². The average Bonchev–Trinajstić information content (AvgIpc) is 2.54. The van der Waals surface area contributed by atoms with E-state index in [-0.39, 0.29) is 5.82 Å². The van der Waals surface area contributed by atoms with Crippen LogP contribution in [0.15, 0.2) is 54.6 Å². The van der Waals surface area contributed by atoms with E-state index < -0.39 is 11.7 Å². The zero-order valence-corrected chi connectivity index (χ0v) is 12.0. The van der Waals surface area contributed by atoms with Gasteiger partial charge in [0.05, 0.1) is 0 Å². The number of hydrogen-bond acceptors (Lipinski definition) is 4. The predicted molar refractivity (Wildman–Crippen MR) is 84.0 cm³/mol. The molecular formula is C16H10ClN3O2. The fraction of sp³-hybridized carbons (Fsp3) is 0. The molecule has 0 saturated carbocycles. The number of pyridine rings is 2. The Morgan fingerprint density at radius 2 is 1.64 bits per heavy atom. The molecule has 2 aromatic heterocycles. The van der Waals surface area contributed by atoms with Crippen molar-refractivity contribution < 1.29 is 9.59 Å². The fourth-order valence-corrected chi connectivity index (χ4v) is 2.08. The number of amides is 1. The van der Waals surface area contributed by atoms with Crippen LogP contribution in [-0.4, -0.2) is 21.7 Å². The summed E-state index contributed by atoms with van der Waals surface area (Å²) in [5, 5.41) is 3.57. The van der Waals surface area contributed by atoms with Gasteiger partial charge in [-0.25, -0.2) is 9.97 Å². The van der Waals surface area contributed by atoms with Crippen LogP contribution in [0.3, 0.4) is 0 Å². The van der Waals surface area contributed by atoms with Crippen molar-refractivity contribution in [1.29, 1.82) is 0 Å². The van der Waals surface area contributed by atoms with Gasteiger partial charge in [0.2, 0.25) is 0 Å². The molecule has 3 aromatic rings. The van der Waals surface area contributed by atoms with Gasteiger partial charge in [-0.2, -0.15) is 0 Å². The first-order chi connectivity index (χ1) is 10.6.